The Bertz CT molecular complexity index is 717. The molecule has 2 N–H and O–H groups in total. The number of aromatic nitrogens is 2. The molecule has 6 nitrogen and oxygen atoms in total. The summed E-state index contributed by atoms with van der Waals surface area (Å²) in [6.07, 6.45) is 0. The second-order valence-electron chi connectivity index (χ2n) is 3.71. The Kier molecular flexibility index (Phi) is 3.33. The molecule has 1 aromatic heterocycles. The van der Waals surface area contributed by atoms with Crippen LogP contribution in [0.5, 0.6) is 0 Å². The lowest BCUT2D eigenvalue weighted by molar-refractivity contribution is -0.116. The van der Waals surface area contributed by atoms with Crippen LogP contribution in [0.2, 0.25) is 0 Å². The number of fused-ring (bicyclic) bond motifs is 1. The van der Waals surface area contributed by atoms with Gasteiger partial charge in [-0.05, 0) is 19.1 Å². The summed E-state index contributed by atoms with van der Waals surface area (Å²) in [4.78, 5) is 37.2. The van der Waals surface area contributed by atoms with E-state index in [-0.39, 0.29) is 0 Å². The van der Waals surface area contributed by atoms with Crippen LogP contribution in [-0.4, -0.2) is 20.4 Å². The Morgan fingerprint density at radius 1 is 1.39 bits per heavy atom. The van der Waals surface area contributed by atoms with Gasteiger partial charge < -0.3 is 4.98 Å². The van der Waals surface area contributed by atoms with E-state index in [2.05, 4.69) is 26.3 Å². The first-order valence-corrected chi connectivity index (χ1v) is 6.11. The maximum atomic E-state index is 12.0. The zero-order chi connectivity index (χ0) is 13.3. The molecular weight excluding hydrogens is 302 g/mol. The second kappa shape index (κ2) is 4.77. The largest absolute Gasteiger partial charge is 0.348 e. The van der Waals surface area contributed by atoms with Crippen molar-refractivity contribution < 1.29 is 4.79 Å². The lowest BCUT2D eigenvalue weighted by Gasteiger charge is -2.08. The zero-order valence-electron chi connectivity index (χ0n) is 9.44. The standard InChI is InChI=1S/C11H10BrN3O3/c1-6(12)9(16)14-15-10(17)7-4-2-3-5-8(7)13-11(15)18/h2-6H,1H3,(H,13,18)(H,14,16). The van der Waals surface area contributed by atoms with E-state index in [0.29, 0.717) is 15.6 Å². The molecule has 0 saturated heterocycles. The van der Waals surface area contributed by atoms with E-state index < -0.39 is 22.0 Å². The minimum absolute atomic E-state index is 0.333. The monoisotopic (exact) mass is 311 g/mol. The van der Waals surface area contributed by atoms with Crippen molar-refractivity contribution in [3.8, 4) is 0 Å². The Labute approximate surface area is 110 Å². The summed E-state index contributed by atoms with van der Waals surface area (Å²) in [7, 11) is 0. The maximum absolute atomic E-state index is 12.0. The summed E-state index contributed by atoms with van der Waals surface area (Å²) < 4.78 is 0.669. The molecular formula is C11H10BrN3O3. The number of carbonyl (C=O) groups is 1. The summed E-state index contributed by atoms with van der Waals surface area (Å²) in [5, 5.41) is 0.333. The Morgan fingerprint density at radius 3 is 2.72 bits per heavy atom. The van der Waals surface area contributed by atoms with Gasteiger partial charge in [0.1, 0.15) is 0 Å². The maximum Gasteiger partial charge on any atom is 0.348 e. The minimum atomic E-state index is -0.680. The molecule has 0 aliphatic rings. The fourth-order valence-electron chi connectivity index (χ4n) is 1.46. The Balaban J connectivity index is 2.62. The van der Waals surface area contributed by atoms with Crippen molar-refractivity contribution in [2.45, 2.75) is 11.8 Å². The Morgan fingerprint density at radius 2 is 2.06 bits per heavy atom. The predicted molar refractivity (Wildman–Crippen MR) is 71.6 cm³/mol. The van der Waals surface area contributed by atoms with Gasteiger partial charge in [-0.2, -0.15) is 4.68 Å². The van der Waals surface area contributed by atoms with Crippen LogP contribution in [0.15, 0.2) is 33.9 Å². The number of nitrogens with zero attached hydrogens (tertiary/aromatic N) is 1. The van der Waals surface area contributed by atoms with Crippen LogP contribution in [0.1, 0.15) is 6.92 Å². The van der Waals surface area contributed by atoms with Crippen molar-refractivity contribution in [1.82, 2.24) is 9.66 Å². The van der Waals surface area contributed by atoms with Crippen molar-refractivity contribution in [1.29, 1.82) is 0 Å². The van der Waals surface area contributed by atoms with Crippen molar-refractivity contribution in [3.63, 3.8) is 0 Å². The lowest BCUT2D eigenvalue weighted by atomic mass is 10.2. The number of para-hydroxylation sites is 1. The van der Waals surface area contributed by atoms with E-state index >= 15 is 0 Å². The molecule has 2 rings (SSSR count). The number of amides is 1. The number of halogens is 1. The van der Waals surface area contributed by atoms with Crippen molar-refractivity contribution in [2.24, 2.45) is 0 Å². The van der Waals surface area contributed by atoms with Crippen molar-refractivity contribution in [3.05, 3.63) is 45.1 Å². The molecule has 2 aromatic rings. The van der Waals surface area contributed by atoms with Crippen molar-refractivity contribution in [2.75, 3.05) is 5.43 Å². The topological polar surface area (TPSA) is 84.0 Å². The highest BCUT2D eigenvalue weighted by molar-refractivity contribution is 9.10. The van der Waals surface area contributed by atoms with Gasteiger partial charge >= 0.3 is 5.69 Å². The Hall–Kier alpha value is -1.89. The number of benzene rings is 1. The van der Waals surface area contributed by atoms with Crippen molar-refractivity contribution >= 4 is 32.7 Å². The van der Waals surface area contributed by atoms with Crippen LogP contribution in [0.4, 0.5) is 0 Å². The smallest absolute Gasteiger partial charge is 0.305 e. The van der Waals surface area contributed by atoms with Crippen LogP contribution < -0.4 is 16.7 Å². The molecule has 7 heteroatoms. The molecule has 1 aromatic carbocycles. The molecule has 0 aliphatic carbocycles. The third-order valence-corrected chi connectivity index (χ3v) is 2.80. The van der Waals surface area contributed by atoms with Gasteiger partial charge in [0.05, 0.1) is 15.7 Å². The third kappa shape index (κ3) is 2.21. The molecule has 94 valence electrons. The highest BCUT2D eigenvalue weighted by Gasteiger charge is 2.13. The van der Waals surface area contributed by atoms with E-state index in [9.17, 15) is 14.4 Å². The van der Waals surface area contributed by atoms with Gasteiger partial charge in [-0.1, -0.05) is 28.1 Å². The molecule has 18 heavy (non-hydrogen) atoms. The summed E-state index contributed by atoms with van der Waals surface area (Å²) in [5.74, 6) is -0.474. The van der Waals surface area contributed by atoms with Crippen LogP contribution in [0.3, 0.4) is 0 Å². The van der Waals surface area contributed by atoms with E-state index in [1.165, 1.54) is 0 Å². The van der Waals surface area contributed by atoms with E-state index in [1.807, 2.05) is 0 Å². The number of aromatic amines is 1. The van der Waals surface area contributed by atoms with Crippen LogP contribution in [0, 0.1) is 0 Å². The molecule has 0 fully saturated rings. The molecule has 1 atom stereocenters. The van der Waals surface area contributed by atoms with Gasteiger partial charge in [-0.15, -0.1) is 0 Å². The first kappa shape index (κ1) is 12.6. The molecule has 0 saturated carbocycles. The number of hydrogen-bond donors (Lipinski definition) is 2. The van der Waals surface area contributed by atoms with E-state index in [4.69, 9.17) is 0 Å². The molecule has 1 unspecified atom stereocenters. The summed E-state index contributed by atoms with van der Waals surface area (Å²) in [6.45, 7) is 1.59. The average Bonchev–Trinajstić information content (AvgIpc) is 2.34. The van der Waals surface area contributed by atoms with Gasteiger partial charge in [-0.25, -0.2) is 4.79 Å². The highest BCUT2D eigenvalue weighted by Crippen LogP contribution is 2.02. The second-order valence-corrected chi connectivity index (χ2v) is 5.08. The minimum Gasteiger partial charge on any atom is -0.305 e. The number of nitrogens with one attached hydrogen (secondary N) is 2. The number of alkyl halides is 1. The molecule has 0 bridgehead atoms. The van der Waals surface area contributed by atoms with Gasteiger partial charge in [0.15, 0.2) is 0 Å². The molecule has 1 amide bonds. The van der Waals surface area contributed by atoms with Crippen LogP contribution in [-0.2, 0) is 4.79 Å². The molecule has 1 heterocycles. The van der Waals surface area contributed by atoms with Crippen LogP contribution in [0.25, 0.3) is 10.9 Å². The van der Waals surface area contributed by atoms with E-state index in [1.54, 1.807) is 31.2 Å². The fraction of sp³-hybridized carbons (Fsp3) is 0.182. The first-order chi connectivity index (χ1) is 8.50. The molecule has 0 aliphatic heterocycles. The van der Waals surface area contributed by atoms with E-state index in [0.717, 1.165) is 0 Å². The summed E-state index contributed by atoms with van der Waals surface area (Å²) >= 11 is 3.06. The predicted octanol–water partition coefficient (Wildman–Crippen LogP) is 0.543. The average molecular weight is 312 g/mol. The van der Waals surface area contributed by atoms with Gasteiger partial charge in [0, 0.05) is 0 Å². The number of carbonyl (C=O) groups excluding carboxylic acids is 1. The molecule has 0 spiro atoms. The lowest BCUT2D eigenvalue weighted by Crippen LogP contribution is -2.45. The first-order valence-electron chi connectivity index (χ1n) is 5.19. The highest BCUT2D eigenvalue weighted by atomic mass is 79.9. The summed E-state index contributed by atoms with van der Waals surface area (Å²) in [6, 6.07) is 6.59. The molecule has 0 radical (unpaired) electrons. The number of rotatable bonds is 2. The number of hydrogen-bond acceptors (Lipinski definition) is 3. The summed E-state index contributed by atoms with van der Waals surface area (Å²) in [5.41, 5.74) is 1.44. The van der Waals surface area contributed by atoms with Gasteiger partial charge in [0.25, 0.3) is 11.5 Å². The van der Waals surface area contributed by atoms with Crippen LogP contribution >= 0.6 is 15.9 Å². The number of H-pyrrole nitrogens is 1. The fourth-order valence-corrected chi connectivity index (χ4v) is 1.57. The zero-order valence-corrected chi connectivity index (χ0v) is 11.0. The van der Waals surface area contributed by atoms with Gasteiger partial charge in [0.2, 0.25) is 0 Å². The normalized spacial score (nSPS) is 12.3. The van der Waals surface area contributed by atoms with Gasteiger partial charge in [-0.3, -0.25) is 15.0 Å². The SMILES string of the molecule is CC(Br)C(=O)Nn1c(=O)[nH]c2ccccc2c1=O. The quantitative estimate of drug-likeness (QED) is 0.794. The third-order valence-electron chi connectivity index (χ3n) is 2.39.